The van der Waals surface area contributed by atoms with E-state index in [9.17, 15) is 9.59 Å². The first-order chi connectivity index (χ1) is 9.15. The summed E-state index contributed by atoms with van der Waals surface area (Å²) in [4.78, 5) is 24.8. The van der Waals surface area contributed by atoms with Gasteiger partial charge in [0.2, 0.25) is 5.91 Å². The number of carbonyl (C=O) groups is 2. The Hall–Kier alpha value is -1.88. The Kier molecular flexibility index (Phi) is 6.60. The molecule has 1 aromatic carbocycles. The Morgan fingerprint density at radius 3 is 2.53 bits per heavy atom. The predicted molar refractivity (Wildman–Crippen MR) is 73.8 cm³/mol. The molecule has 0 spiro atoms. The van der Waals surface area contributed by atoms with Crippen molar-refractivity contribution < 1.29 is 14.3 Å². The van der Waals surface area contributed by atoms with Gasteiger partial charge in [-0.25, -0.2) is 0 Å². The van der Waals surface area contributed by atoms with Crippen molar-refractivity contribution in [1.82, 2.24) is 4.90 Å². The lowest BCUT2D eigenvalue weighted by molar-refractivity contribution is -0.142. The summed E-state index contributed by atoms with van der Waals surface area (Å²) in [6, 6.07) is 9.30. The number of hydrogen-bond donors (Lipinski definition) is 1. The fourth-order valence-corrected chi connectivity index (χ4v) is 1.60. The molecule has 0 saturated carbocycles. The van der Waals surface area contributed by atoms with Crippen LogP contribution in [-0.2, 0) is 14.3 Å². The zero-order chi connectivity index (χ0) is 14.1. The molecule has 0 heterocycles. The van der Waals surface area contributed by atoms with E-state index < -0.39 is 0 Å². The molecule has 0 saturated heterocycles. The third-order valence-electron chi connectivity index (χ3n) is 2.74. The molecule has 1 rings (SSSR count). The number of amides is 1. The first-order valence-electron chi connectivity index (χ1n) is 6.29. The number of para-hydroxylation sites is 1. The fraction of sp³-hybridized carbons (Fsp3) is 0.429. The van der Waals surface area contributed by atoms with E-state index in [2.05, 4.69) is 10.1 Å². The lowest BCUT2D eigenvalue weighted by Crippen LogP contribution is -2.33. The van der Waals surface area contributed by atoms with Gasteiger partial charge in [-0.3, -0.25) is 14.5 Å². The van der Waals surface area contributed by atoms with Crippen LogP contribution in [0.25, 0.3) is 0 Å². The van der Waals surface area contributed by atoms with E-state index in [1.807, 2.05) is 42.2 Å². The van der Waals surface area contributed by atoms with E-state index in [4.69, 9.17) is 0 Å². The van der Waals surface area contributed by atoms with Crippen LogP contribution in [0.5, 0.6) is 0 Å². The second-order valence-corrected chi connectivity index (χ2v) is 4.11. The number of nitrogens with zero attached hydrogens (tertiary/aromatic N) is 1. The molecule has 5 nitrogen and oxygen atoms in total. The molecule has 0 aliphatic carbocycles. The number of rotatable bonds is 7. The zero-order valence-electron chi connectivity index (χ0n) is 11.4. The normalized spacial score (nSPS) is 10.3. The zero-order valence-corrected chi connectivity index (χ0v) is 11.4. The van der Waals surface area contributed by atoms with Crippen LogP contribution >= 0.6 is 0 Å². The maximum Gasteiger partial charge on any atom is 0.319 e. The van der Waals surface area contributed by atoms with Crippen molar-refractivity contribution in [3.63, 3.8) is 0 Å². The van der Waals surface area contributed by atoms with E-state index >= 15 is 0 Å². The van der Waals surface area contributed by atoms with Gasteiger partial charge < -0.3 is 10.1 Å². The number of esters is 1. The van der Waals surface area contributed by atoms with Crippen molar-refractivity contribution in [2.75, 3.05) is 32.1 Å². The summed E-state index contributed by atoms with van der Waals surface area (Å²) in [5.74, 6) is -0.347. The predicted octanol–water partition coefficient (Wildman–Crippen LogP) is 1.51. The molecule has 0 fully saturated rings. The van der Waals surface area contributed by atoms with Gasteiger partial charge in [0.25, 0.3) is 0 Å². The lowest BCUT2D eigenvalue weighted by Gasteiger charge is -2.18. The van der Waals surface area contributed by atoms with E-state index in [1.54, 1.807) is 0 Å². The number of nitrogens with one attached hydrogen (secondary N) is 1. The van der Waals surface area contributed by atoms with Crippen LogP contribution in [0.3, 0.4) is 0 Å². The molecule has 0 bridgehead atoms. The summed E-state index contributed by atoms with van der Waals surface area (Å²) in [5.41, 5.74) is 0.781. The summed E-state index contributed by atoms with van der Waals surface area (Å²) in [7, 11) is 1.36. The van der Waals surface area contributed by atoms with Crippen LogP contribution in [0.15, 0.2) is 30.3 Å². The highest BCUT2D eigenvalue weighted by Crippen LogP contribution is 2.05. The first kappa shape index (κ1) is 15.2. The molecule has 5 heteroatoms. The van der Waals surface area contributed by atoms with Crippen molar-refractivity contribution in [3.8, 4) is 0 Å². The van der Waals surface area contributed by atoms with Gasteiger partial charge in [0.05, 0.1) is 13.7 Å². The minimum Gasteiger partial charge on any atom is -0.468 e. The number of hydrogen-bond acceptors (Lipinski definition) is 4. The minimum absolute atomic E-state index is 0.0606. The lowest BCUT2D eigenvalue weighted by atomic mass is 10.3. The maximum absolute atomic E-state index is 11.7. The van der Waals surface area contributed by atoms with Gasteiger partial charge in [-0.05, 0) is 18.7 Å². The van der Waals surface area contributed by atoms with Gasteiger partial charge in [-0.1, -0.05) is 25.1 Å². The maximum atomic E-state index is 11.7. The van der Waals surface area contributed by atoms with E-state index in [0.717, 1.165) is 5.69 Å². The van der Waals surface area contributed by atoms with Gasteiger partial charge in [-0.2, -0.15) is 0 Å². The molecule has 0 aromatic heterocycles. The average Bonchev–Trinajstić information content (AvgIpc) is 2.44. The van der Waals surface area contributed by atoms with Crippen LogP contribution in [0.1, 0.15) is 13.3 Å². The van der Waals surface area contributed by atoms with Gasteiger partial charge in [0.15, 0.2) is 0 Å². The van der Waals surface area contributed by atoms with Crippen molar-refractivity contribution in [1.29, 1.82) is 0 Å². The summed E-state index contributed by atoms with van der Waals surface area (Å²) in [5, 5.41) is 2.81. The molecular weight excluding hydrogens is 244 g/mol. The van der Waals surface area contributed by atoms with E-state index in [-0.39, 0.29) is 18.4 Å². The summed E-state index contributed by atoms with van der Waals surface area (Å²) < 4.78 is 4.60. The third kappa shape index (κ3) is 6.01. The molecule has 0 aliphatic rings. The van der Waals surface area contributed by atoms with Crippen molar-refractivity contribution >= 4 is 17.6 Å². The highest BCUT2D eigenvalue weighted by Gasteiger charge is 2.11. The van der Waals surface area contributed by atoms with Crippen molar-refractivity contribution in [2.24, 2.45) is 0 Å². The van der Waals surface area contributed by atoms with E-state index in [1.165, 1.54) is 7.11 Å². The molecule has 0 atom stereocenters. The molecule has 0 aliphatic heterocycles. The quantitative estimate of drug-likeness (QED) is 0.758. The molecule has 104 valence electrons. The number of benzene rings is 1. The SMILES string of the molecule is CCN(CCC(=O)Nc1ccccc1)CC(=O)OC. The average molecular weight is 264 g/mol. The van der Waals surface area contributed by atoms with Gasteiger partial charge >= 0.3 is 5.97 Å². The van der Waals surface area contributed by atoms with Crippen LogP contribution in [-0.4, -0.2) is 43.5 Å². The Labute approximate surface area is 113 Å². The van der Waals surface area contributed by atoms with Crippen LogP contribution in [0.4, 0.5) is 5.69 Å². The number of carbonyl (C=O) groups excluding carboxylic acids is 2. The van der Waals surface area contributed by atoms with Crippen LogP contribution in [0.2, 0.25) is 0 Å². The van der Waals surface area contributed by atoms with Gasteiger partial charge in [-0.15, -0.1) is 0 Å². The largest absolute Gasteiger partial charge is 0.468 e. The molecular formula is C14H20N2O3. The Morgan fingerprint density at radius 2 is 1.95 bits per heavy atom. The highest BCUT2D eigenvalue weighted by atomic mass is 16.5. The van der Waals surface area contributed by atoms with Crippen molar-refractivity contribution in [2.45, 2.75) is 13.3 Å². The molecule has 0 unspecified atom stereocenters. The van der Waals surface area contributed by atoms with Crippen LogP contribution < -0.4 is 5.32 Å². The Balaban J connectivity index is 2.34. The molecule has 19 heavy (non-hydrogen) atoms. The number of likely N-dealkylation sites (N-methyl/N-ethyl adjacent to an activating group) is 1. The molecule has 0 radical (unpaired) electrons. The molecule has 1 aromatic rings. The Morgan fingerprint density at radius 1 is 1.26 bits per heavy atom. The number of anilines is 1. The standard InChI is InChI=1S/C14H20N2O3/c1-3-16(11-14(18)19-2)10-9-13(17)15-12-7-5-4-6-8-12/h4-8H,3,9-11H2,1-2H3,(H,15,17). The third-order valence-corrected chi connectivity index (χ3v) is 2.74. The van der Waals surface area contributed by atoms with E-state index in [0.29, 0.717) is 19.5 Å². The summed E-state index contributed by atoms with van der Waals surface area (Å²) in [6.07, 6.45) is 0.347. The fourth-order valence-electron chi connectivity index (χ4n) is 1.60. The van der Waals surface area contributed by atoms with Crippen LogP contribution in [0, 0.1) is 0 Å². The first-order valence-corrected chi connectivity index (χ1v) is 6.29. The minimum atomic E-state index is -0.287. The topological polar surface area (TPSA) is 58.6 Å². The smallest absolute Gasteiger partial charge is 0.319 e. The van der Waals surface area contributed by atoms with Gasteiger partial charge in [0.1, 0.15) is 0 Å². The summed E-state index contributed by atoms with van der Waals surface area (Å²) in [6.45, 7) is 3.39. The second kappa shape index (κ2) is 8.26. The van der Waals surface area contributed by atoms with Crippen molar-refractivity contribution in [3.05, 3.63) is 30.3 Å². The second-order valence-electron chi connectivity index (χ2n) is 4.11. The highest BCUT2D eigenvalue weighted by molar-refractivity contribution is 5.90. The number of ether oxygens (including phenoxy) is 1. The number of methoxy groups -OCH3 is 1. The molecule has 1 amide bonds. The Bertz CT molecular complexity index is 406. The molecule has 1 N–H and O–H groups in total. The monoisotopic (exact) mass is 264 g/mol. The summed E-state index contributed by atoms with van der Waals surface area (Å²) >= 11 is 0. The van der Waals surface area contributed by atoms with Gasteiger partial charge in [0, 0.05) is 18.7 Å².